The number of hydrogen-bond donors (Lipinski definition) is 0. The molecule has 2 heteroatoms. The third-order valence-electron chi connectivity index (χ3n) is 2.59. The standard InChI is InChI=1S/C13H14N2/c14-9-4-3-5-11-8-10-15-13-7-2-1-6-12(11)13/h1-2,6-8,10H,3-5,9H2. The molecule has 0 spiro atoms. The number of rotatable bonds is 4. The Bertz CT molecular complexity index is 432. The Balaban J connectivity index is 2.26. The number of aromatic nitrogens is 1. The van der Waals surface area contributed by atoms with Crippen molar-refractivity contribution in [2.45, 2.75) is 19.3 Å². The highest BCUT2D eigenvalue weighted by atomic mass is 14.6. The Labute approximate surface area is 90.1 Å². The average Bonchev–Trinajstić information content (AvgIpc) is 2.30. The number of unbranched alkanes of at least 4 members (excludes halogenated alkanes) is 1. The number of benzene rings is 1. The number of hydrogen-bond acceptors (Lipinski definition) is 1. The molecular formula is C13H14N2. The number of fused-ring (bicyclic) bond motifs is 1. The van der Waals surface area contributed by atoms with Crippen LogP contribution in [0.1, 0.15) is 18.4 Å². The van der Waals surface area contributed by atoms with Gasteiger partial charge in [0.25, 0.3) is 0 Å². The topological polar surface area (TPSA) is 35.2 Å². The normalized spacial score (nSPS) is 10.7. The SMILES string of the molecule is [N]CCCCc1ccnc2ccccc12. The van der Waals surface area contributed by atoms with Gasteiger partial charge in [-0.3, -0.25) is 4.98 Å². The largest absolute Gasteiger partial charge is 0.256 e. The van der Waals surface area contributed by atoms with Crippen LogP contribution in [0.15, 0.2) is 36.5 Å². The summed E-state index contributed by atoms with van der Waals surface area (Å²) in [6.07, 6.45) is 4.78. The minimum Gasteiger partial charge on any atom is -0.256 e. The zero-order valence-electron chi connectivity index (χ0n) is 8.69. The van der Waals surface area contributed by atoms with E-state index in [9.17, 15) is 0 Å². The van der Waals surface area contributed by atoms with E-state index in [1.807, 2.05) is 24.4 Å². The Morgan fingerprint density at radius 2 is 1.93 bits per heavy atom. The first-order chi connectivity index (χ1) is 7.42. The molecule has 0 atom stereocenters. The van der Waals surface area contributed by atoms with Gasteiger partial charge < -0.3 is 0 Å². The zero-order chi connectivity index (χ0) is 10.5. The smallest absolute Gasteiger partial charge is 0.0704 e. The van der Waals surface area contributed by atoms with E-state index in [1.165, 1.54) is 10.9 Å². The molecule has 0 saturated heterocycles. The number of nitrogens with zero attached hydrogens (tertiary/aromatic N) is 2. The number of pyridine rings is 1. The molecule has 0 amide bonds. The van der Waals surface area contributed by atoms with E-state index in [0.717, 1.165) is 24.8 Å². The predicted molar refractivity (Wildman–Crippen MR) is 61.7 cm³/mol. The van der Waals surface area contributed by atoms with Crippen molar-refractivity contribution in [3.8, 4) is 0 Å². The van der Waals surface area contributed by atoms with Gasteiger partial charge in [0.1, 0.15) is 0 Å². The second-order valence-electron chi connectivity index (χ2n) is 3.67. The fourth-order valence-electron chi connectivity index (χ4n) is 1.80. The zero-order valence-corrected chi connectivity index (χ0v) is 8.69. The molecule has 15 heavy (non-hydrogen) atoms. The van der Waals surface area contributed by atoms with Crippen LogP contribution in [0, 0.1) is 0 Å². The van der Waals surface area contributed by atoms with Crippen LogP contribution < -0.4 is 5.73 Å². The lowest BCUT2D eigenvalue weighted by atomic mass is 10.0. The first kappa shape index (κ1) is 10.1. The van der Waals surface area contributed by atoms with Gasteiger partial charge in [0.15, 0.2) is 0 Å². The molecule has 0 N–H and O–H groups in total. The van der Waals surface area contributed by atoms with Crippen LogP contribution >= 0.6 is 0 Å². The second-order valence-corrected chi connectivity index (χ2v) is 3.67. The van der Waals surface area contributed by atoms with Crippen LogP contribution in [-0.4, -0.2) is 11.5 Å². The molecule has 76 valence electrons. The summed E-state index contributed by atoms with van der Waals surface area (Å²) in [4.78, 5) is 4.32. The van der Waals surface area contributed by atoms with Gasteiger partial charge in [0.05, 0.1) is 5.52 Å². The molecular weight excluding hydrogens is 184 g/mol. The van der Waals surface area contributed by atoms with Gasteiger partial charge in [-0.25, -0.2) is 0 Å². The fourth-order valence-corrected chi connectivity index (χ4v) is 1.80. The Kier molecular flexibility index (Phi) is 3.30. The van der Waals surface area contributed by atoms with Crippen LogP contribution in [0.5, 0.6) is 0 Å². The molecule has 0 saturated carbocycles. The Hall–Kier alpha value is -1.41. The summed E-state index contributed by atoms with van der Waals surface area (Å²) in [5, 5.41) is 1.23. The molecule has 1 aromatic carbocycles. The van der Waals surface area contributed by atoms with Gasteiger partial charge in [-0.15, -0.1) is 5.73 Å². The number of aryl methyl sites for hydroxylation is 1. The molecule has 2 nitrogen and oxygen atoms in total. The molecule has 2 rings (SSSR count). The molecule has 0 bridgehead atoms. The highest BCUT2D eigenvalue weighted by Crippen LogP contribution is 2.17. The van der Waals surface area contributed by atoms with Crippen LogP contribution in [0.25, 0.3) is 10.9 Å². The summed E-state index contributed by atoms with van der Waals surface area (Å²) < 4.78 is 0. The third kappa shape index (κ3) is 2.34. The highest BCUT2D eigenvalue weighted by molar-refractivity contribution is 5.81. The van der Waals surface area contributed by atoms with Gasteiger partial charge in [0, 0.05) is 18.1 Å². The lowest BCUT2D eigenvalue weighted by Crippen LogP contribution is -1.92. The summed E-state index contributed by atoms with van der Waals surface area (Å²) in [5.74, 6) is 0. The van der Waals surface area contributed by atoms with E-state index in [2.05, 4.69) is 17.1 Å². The van der Waals surface area contributed by atoms with E-state index >= 15 is 0 Å². The summed E-state index contributed by atoms with van der Waals surface area (Å²) in [7, 11) is 0. The van der Waals surface area contributed by atoms with E-state index in [0.29, 0.717) is 0 Å². The Morgan fingerprint density at radius 1 is 1.07 bits per heavy atom. The summed E-state index contributed by atoms with van der Waals surface area (Å²) >= 11 is 0. The predicted octanol–water partition coefficient (Wildman–Crippen LogP) is 2.63. The van der Waals surface area contributed by atoms with Crippen LogP contribution in [0.3, 0.4) is 0 Å². The quantitative estimate of drug-likeness (QED) is 0.695. The minimum absolute atomic E-state index is 0.281. The fraction of sp³-hybridized carbons (Fsp3) is 0.308. The molecule has 0 aliphatic heterocycles. The average molecular weight is 198 g/mol. The van der Waals surface area contributed by atoms with Crippen LogP contribution in [0.4, 0.5) is 0 Å². The van der Waals surface area contributed by atoms with E-state index in [-0.39, 0.29) is 6.54 Å². The van der Waals surface area contributed by atoms with Crippen molar-refractivity contribution in [2.75, 3.05) is 6.54 Å². The molecule has 2 radical (unpaired) electrons. The van der Waals surface area contributed by atoms with Crippen molar-refractivity contribution in [1.82, 2.24) is 10.7 Å². The summed E-state index contributed by atoms with van der Waals surface area (Å²) in [5.41, 5.74) is 11.1. The van der Waals surface area contributed by atoms with Crippen molar-refractivity contribution in [2.24, 2.45) is 0 Å². The number of para-hydroxylation sites is 1. The monoisotopic (exact) mass is 198 g/mol. The third-order valence-corrected chi connectivity index (χ3v) is 2.59. The highest BCUT2D eigenvalue weighted by Gasteiger charge is 2.00. The maximum Gasteiger partial charge on any atom is 0.0704 e. The van der Waals surface area contributed by atoms with Gasteiger partial charge in [0.2, 0.25) is 0 Å². The molecule has 1 heterocycles. The minimum atomic E-state index is 0.281. The molecule has 1 aromatic heterocycles. The second kappa shape index (κ2) is 4.89. The van der Waals surface area contributed by atoms with Crippen molar-refractivity contribution < 1.29 is 0 Å². The van der Waals surface area contributed by atoms with E-state index < -0.39 is 0 Å². The first-order valence-corrected chi connectivity index (χ1v) is 5.35. The maximum atomic E-state index is 8.75. The molecule has 0 unspecified atom stereocenters. The van der Waals surface area contributed by atoms with Gasteiger partial charge in [-0.2, -0.15) is 0 Å². The molecule has 0 aliphatic carbocycles. The van der Waals surface area contributed by atoms with Crippen molar-refractivity contribution in [1.29, 1.82) is 0 Å². The molecule has 2 aromatic rings. The van der Waals surface area contributed by atoms with Crippen molar-refractivity contribution in [3.63, 3.8) is 0 Å². The van der Waals surface area contributed by atoms with E-state index in [1.54, 1.807) is 0 Å². The van der Waals surface area contributed by atoms with Crippen molar-refractivity contribution in [3.05, 3.63) is 42.1 Å². The molecule has 0 aliphatic rings. The molecule has 0 fully saturated rings. The van der Waals surface area contributed by atoms with Crippen LogP contribution in [0.2, 0.25) is 0 Å². The van der Waals surface area contributed by atoms with Gasteiger partial charge in [-0.1, -0.05) is 18.2 Å². The first-order valence-electron chi connectivity index (χ1n) is 5.35. The summed E-state index contributed by atoms with van der Waals surface area (Å²) in [6, 6.07) is 10.3. The van der Waals surface area contributed by atoms with Gasteiger partial charge >= 0.3 is 0 Å². The van der Waals surface area contributed by atoms with E-state index in [4.69, 9.17) is 5.73 Å². The lowest BCUT2D eigenvalue weighted by molar-refractivity contribution is 0.737. The Morgan fingerprint density at radius 3 is 2.80 bits per heavy atom. The van der Waals surface area contributed by atoms with Gasteiger partial charge in [-0.05, 0) is 37.0 Å². The van der Waals surface area contributed by atoms with Crippen molar-refractivity contribution >= 4 is 10.9 Å². The van der Waals surface area contributed by atoms with Crippen LogP contribution in [-0.2, 0) is 6.42 Å². The maximum absolute atomic E-state index is 8.75. The summed E-state index contributed by atoms with van der Waals surface area (Å²) in [6.45, 7) is 0.281. The lowest BCUT2D eigenvalue weighted by Gasteiger charge is -2.04.